The Bertz CT molecular complexity index is 439. The van der Waals surface area contributed by atoms with Crippen molar-refractivity contribution in [2.75, 3.05) is 15.8 Å². The normalized spacial score (nSPS) is 13.8. The topological polar surface area (TPSA) is 92.4 Å². The standard InChI is InChI=1S/C12H17BrN2O3S/c13-6-1-7-19(18)15-10-4-2-9(3-5-10)8-11(14)12(16)17/h2-5,11,15H,1,6-8,14H2,(H,16,17)/t11-,19?/m0/s1. The number of rotatable bonds is 8. The monoisotopic (exact) mass is 348 g/mol. The summed E-state index contributed by atoms with van der Waals surface area (Å²) in [5.41, 5.74) is 7.04. The molecule has 0 spiro atoms. The van der Waals surface area contributed by atoms with Crippen LogP contribution in [-0.2, 0) is 22.2 Å². The van der Waals surface area contributed by atoms with Crippen molar-refractivity contribution < 1.29 is 14.1 Å². The van der Waals surface area contributed by atoms with Gasteiger partial charge in [0.2, 0.25) is 0 Å². The Hall–Kier alpha value is -0.920. The number of nitrogens with two attached hydrogens (primary N) is 1. The fourth-order valence-corrected chi connectivity index (χ4v) is 2.98. The minimum Gasteiger partial charge on any atom is -0.480 e. The van der Waals surface area contributed by atoms with E-state index in [-0.39, 0.29) is 6.42 Å². The highest BCUT2D eigenvalue weighted by Gasteiger charge is 2.11. The molecule has 2 atom stereocenters. The van der Waals surface area contributed by atoms with Gasteiger partial charge in [-0.1, -0.05) is 28.1 Å². The molecule has 0 fully saturated rings. The van der Waals surface area contributed by atoms with Crippen LogP contribution in [-0.4, -0.2) is 32.4 Å². The molecule has 0 aliphatic rings. The van der Waals surface area contributed by atoms with E-state index in [0.29, 0.717) is 5.75 Å². The van der Waals surface area contributed by atoms with Crippen molar-refractivity contribution in [1.82, 2.24) is 0 Å². The predicted octanol–water partition coefficient (Wildman–Crippen LogP) is 1.50. The number of alkyl halides is 1. The maximum atomic E-state index is 11.6. The Kier molecular flexibility index (Phi) is 7.04. The van der Waals surface area contributed by atoms with Crippen LogP contribution in [0.3, 0.4) is 0 Å². The van der Waals surface area contributed by atoms with Gasteiger partial charge in [0.25, 0.3) is 0 Å². The van der Waals surface area contributed by atoms with Gasteiger partial charge in [0, 0.05) is 16.8 Å². The van der Waals surface area contributed by atoms with Crippen molar-refractivity contribution >= 4 is 38.6 Å². The molecule has 1 aromatic rings. The largest absolute Gasteiger partial charge is 0.480 e. The third-order valence-electron chi connectivity index (χ3n) is 2.42. The summed E-state index contributed by atoms with van der Waals surface area (Å²) in [7, 11) is -1.09. The molecular formula is C12H17BrN2O3S. The molecular weight excluding hydrogens is 332 g/mol. The van der Waals surface area contributed by atoms with E-state index in [2.05, 4.69) is 20.7 Å². The Morgan fingerprint density at radius 1 is 1.42 bits per heavy atom. The zero-order chi connectivity index (χ0) is 14.3. The zero-order valence-electron chi connectivity index (χ0n) is 10.3. The fourth-order valence-electron chi connectivity index (χ4n) is 1.42. The van der Waals surface area contributed by atoms with Gasteiger partial charge in [-0.05, 0) is 30.5 Å². The molecule has 0 aliphatic carbocycles. The van der Waals surface area contributed by atoms with E-state index in [1.54, 1.807) is 24.3 Å². The molecule has 0 aromatic heterocycles. The molecule has 19 heavy (non-hydrogen) atoms. The summed E-state index contributed by atoms with van der Waals surface area (Å²) in [6.07, 6.45) is 1.12. The van der Waals surface area contributed by atoms with Crippen LogP contribution in [0.2, 0.25) is 0 Å². The first-order valence-electron chi connectivity index (χ1n) is 5.81. The number of halogens is 1. The maximum absolute atomic E-state index is 11.6. The lowest BCUT2D eigenvalue weighted by Crippen LogP contribution is -2.32. The highest BCUT2D eigenvalue weighted by molar-refractivity contribution is 9.09. The smallest absolute Gasteiger partial charge is 0.320 e. The molecule has 1 rings (SSSR count). The number of nitrogens with one attached hydrogen (secondary N) is 1. The first kappa shape index (κ1) is 16.1. The third-order valence-corrected chi connectivity index (χ3v) is 4.11. The molecule has 7 heteroatoms. The van der Waals surface area contributed by atoms with Gasteiger partial charge in [0.15, 0.2) is 0 Å². The number of benzene rings is 1. The van der Waals surface area contributed by atoms with Gasteiger partial charge < -0.3 is 15.6 Å². The summed E-state index contributed by atoms with van der Waals surface area (Å²) in [4.78, 5) is 10.6. The van der Waals surface area contributed by atoms with Crippen LogP contribution < -0.4 is 10.5 Å². The Morgan fingerprint density at radius 2 is 2.05 bits per heavy atom. The summed E-state index contributed by atoms with van der Waals surface area (Å²) in [5, 5.41) is 9.54. The average Bonchev–Trinajstić information content (AvgIpc) is 2.38. The SMILES string of the molecule is N[C@@H](Cc1ccc(NS(=O)CCCBr)cc1)C(=O)O. The molecule has 0 aliphatic heterocycles. The van der Waals surface area contributed by atoms with E-state index in [9.17, 15) is 9.00 Å². The maximum Gasteiger partial charge on any atom is 0.320 e. The summed E-state index contributed by atoms with van der Waals surface area (Å²) < 4.78 is 14.5. The van der Waals surface area contributed by atoms with Crippen LogP contribution in [0.15, 0.2) is 24.3 Å². The van der Waals surface area contributed by atoms with Crippen molar-refractivity contribution in [3.05, 3.63) is 29.8 Å². The number of hydrogen-bond donors (Lipinski definition) is 3. The quantitative estimate of drug-likeness (QED) is 0.620. The molecule has 0 radical (unpaired) electrons. The molecule has 0 saturated carbocycles. The summed E-state index contributed by atoms with van der Waals surface area (Å²) in [6.45, 7) is 0. The molecule has 4 N–H and O–H groups in total. The Labute approximate surface area is 123 Å². The van der Waals surface area contributed by atoms with E-state index in [1.807, 2.05) is 0 Å². The summed E-state index contributed by atoms with van der Waals surface area (Å²) in [6, 6.07) is 6.22. The van der Waals surface area contributed by atoms with E-state index in [1.165, 1.54) is 0 Å². The molecule has 0 bridgehead atoms. The summed E-state index contributed by atoms with van der Waals surface area (Å²) >= 11 is 3.29. The second kappa shape index (κ2) is 8.29. The minimum absolute atomic E-state index is 0.280. The lowest BCUT2D eigenvalue weighted by Gasteiger charge is -2.08. The van der Waals surface area contributed by atoms with Gasteiger partial charge in [-0.25, -0.2) is 4.21 Å². The van der Waals surface area contributed by atoms with Crippen molar-refractivity contribution in [3.63, 3.8) is 0 Å². The lowest BCUT2D eigenvalue weighted by molar-refractivity contribution is -0.138. The van der Waals surface area contributed by atoms with Gasteiger partial charge in [-0.2, -0.15) is 0 Å². The molecule has 1 aromatic carbocycles. The second-order valence-electron chi connectivity index (χ2n) is 4.04. The van der Waals surface area contributed by atoms with Crippen molar-refractivity contribution in [2.45, 2.75) is 18.9 Å². The predicted molar refractivity (Wildman–Crippen MR) is 80.8 cm³/mol. The van der Waals surface area contributed by atoms with Gasteiger partial charge in [0.1, 0.15) is 17.0 Å². The van der Waals surface area contributed by atoms with Gasteiger partial charge in [-0.3, -0.25) is 4.79 Å². The van der Waals surface area contributed by atoms with Crippen LogP contribution in [0.4, 0.5) is 5.69 Å². The lowest BCUT2D eigenvalue weighted by atomic mass is 10.1. The van der Waals surface area contributed by atoms with E-state index in [0.717, 1.165) is 23.0 Å². The Balaban J connectivity index is 2.52. The molecule has 0 heterocycles. The van der Waals surface area contributed by atoms with E-state index >= 15 is 0 Å². The molecule has 0 amide bonds. The number of carboxylic acids is 1. The van der Waals surface area contributed by atoms with E-state index < -0.39 is 23.0 Å². The van der Waals surface area contributed by atoms with Gasteiger partial charge in [0.05, 0.1) is 0 Å². The number of hydrogen-bond acceptors (Lipinski definition) is 3. The minimum atomic E-state index is -1.09. The summed E-state index contributed by atoms with van der Waals surface area (Å²) in [5.74, 6) is -0.435. The number of anilines is 1. The molecule has 5 nitrogen and oxygen atoms in total. The van der Waals surface area contributed by atoms with Crippen molar-refractivity contribution in [3.8, 4) is 0 Å². The number of carbonyl (C=O) groups is 1. The number of aliphatic carboxylic acids is 1. The Morgan fingerprint density at radius 3 is 2.58 bits per heavy atom. The first-order chi connectivity index (χ1) is 9.02. The highest BCUT2D eigenvalue weighted by atomic mass is 79.9. The first-order valence-corrected chi connectivity index (χ1v) is 8.25. The van der Waals surface area contributed by atoms with Gasteiger partial charge in [-0.15, -0.1) is 0 Å². The van der Waals surface area contributed by atoms with Crippen LogP contribution in [0.5, 0.6) is 0 Å². The van der Waals surface area contributed by atoms with Crippen LogP contribution >= 0.6 is 15.9 Å². The van der Waals surface area contributed by atoms with Crippen LogP contribution in [0, 0.1) is 0 Å². The zero-order valence-corrected chi connectivity index (χ0v) is 12.7. The second-order valence-corrected chi connectivity index (χ2v) is 6.14. The molecule has 0 saturated heterocycles. The third kappa shape index (κ3) is 6.17. The molecule has 1 unspecified atom stereocenters. The van der Waals surface area contributed by atoms with Crippen LogP contribution in [0.1, 0.15) is 12.0 Å². The fraction of sp³-hybridized carbons (Fsp3) is 0.417. The number of carboxylic acid groups (broad SMARTS) is 1. The van der Waals surface area contributed by atoms with E-state index in [4.69, 9.17) is 10.8 Å². The van der Waals surface area contributed by atoms with Gasteiger partial charge >= 0.3 is 5.97 Å². The van der Waals surface area contributed by atoms with Crippen molar-refractivity contribution in [1.29, 1.82) is 0 Å². The average molecular weight is 349 g/mol. The van der Waals surface area contributed by atoms with Crippen LogP contribution in [0.25, 0.3) is 0 Å². The highest BCUT2D eigenvalue weighted by Crippen LogP contribution is 2.12. The molecule has 106 valence electrons. The van der Waals surface area contributed by atoms with Crippen molar-refractivity contribution in [2.24, 2.45) is 5.73 Å².